The van der Waals surface area contributed by atoms with Crippen LogP contribution in [0, 0.1) is 47.6 Å². The molecule has 0 N–H and O–H groups in total. The molecule has 0 saturated heterocycles. The van der Waals surface area contributed by atoms with Gasteiger partial charge >= 0.3 is 21.7 Å². The number of hydrogen-bond donors (Lipinski definition) is 0. The Labute approximate surface area is 453 Å². The van der Waals surface area contributed by atoms with E-state index in [0.29, 0.717) is 11.8 Å². The van der Waals surface area contributed by atoms with Crippen molar-refractivity contribution >= 4 is 31.4 Å². The summed E-state index contributed by atoms with van der Waals surface area (Å²) >= 11 is 0. The number of sulfonamides is 2. The summed E-state index contributed by atoms with van der Waals surface area (Å²) in [5, 5.41) is 0. The molecule has 4 aromatic carbocycles. The minimum absolute atomic E-state index is 0. The first kappa shape index (κ1) is 64.9. The summed E-state index contributed by atoms with van der Waals surface area (Å²) in [7, 11) is -5.41. The Morgan fingerprint density at radius 3 is 1.04 bits per heavy atom. The summed E-state index contributed by atoms with van der Waals surface area (Å²) in [6.45, 7) is 8.78. The van der Waals surface area contributed by atoms with Crippen LogP contribution < -0.4 is 8.61 Å². The third kappa shape index (κ3) is 22.7. The zero-order valence-electron chi connectivity index (χ0n) is 44.0. The summed E-state index contributed by atoms with van der Waals surface area (Å²) < 4.78 is 108. The van der Waals surface area contributed by atoms with Crippen LogP contribution in [0.1, 0.15) is 179 Å². The zero-order chi connectivity index (χ0) is 52.8. The van der Waals surface area contributed by atoms with Crippen molar-refractivity contribution in [3.8, 4) is 0 Å². The van der Waals surface area contributed by atoms with Crippen LogP contribution in [-0.4, -0.2) is 30.9 Å². The maximum atomic E-state index is 14.0. The van der Waals surface area contributed by atoms with E-state index < -0.39 is 43.3 Å². The molecule has 0 fully saturated rings. The predicted octanol–water partition coefficient (Wildman–Crippen LogP) is 17.1. The topological polar surface area (TPSA) is 74.8 Å². The van der Waals surface area contributed by atoms with Crippen molar-refractivity contribution in [1.82, 2.24) is 0 Å². The van der Waals surface area contributed by atoms with Gasteiger partial charge in [0.2, 0.25) is 0 Å². The van der Waals surface area contributed by atoms with E-state index in [1.54, 1.807) is 24.3 Å². The van der Waals surface area contributed by atoms with Crippen molar-refractivity contribution in [2.45, 2.75) is 178 Å². The Morgan fingerprint density at radius 1 is 0.466 bits per heavy atom. The van der Waals surface area contributed by atoms with Crippen molar-refractivity contribution in [3.05, 3.63) is 168 Å². The molecular formula is C60H78F4N2O4S2Ti. The summed E-state index contributed by atoms with van der Waals surface area (Å²) in [6.07, 6.45) is 41.1. The van der Waals surface area contributed by atoms with Gasteiger partial charge in [-0.05, 0) is 84.3 Å². The Bertz CT molecular complexity index is 2320. The van der Waals surface area contributed by atoms with Gasteiger partial charge in [-0.2, -0.15) is 12.2 Å². The number of rotatable bonds is 26. The fourth-order valence-corrected chi connectivity index (χ4v) is 10.7. The summed E-state index contributed by atoms with van der Waals surface area (Å²) in [5.41, 5.74) is 1.82. The number of hydrogen-bond acceptors (Lipinski definition) is 4. The fourth-order valence-electron chi connectivity index (χ4n) is 8.31. The normalized spacial score (nSPS) is 13.2. The minimum atomic E-state index is -3.96. The molecule has 2 unspecified atom stereocenters. The van der Waals surface area contributed by atoms with Gasteiger partial charge in [-0.25, -0.2) is 58.7 Å². The molecule has 0 amide bonds. The van der Waals surface area contributed by atoms with Crippen LogP contribution in [0.3, 0.4) is 0 Å². The standard InChI is InChI=1S/2C25H34F2NO2S.2C5H5.Ti/c2*1-4-6-8-10-12-20(11-9-7-5-2)21-13-16-23(17-14-21)31(29,30)28(3)25-18-15-22(26)19-24(25)27;2*1-2-4-5-3-1;/h2*13-18,20H,4-12H2,1-3H3;2*1-3H,4H2;/q4*-1;+4. The summed E-state index contributed by atoms with van der Waals surface area (Å²) in [6, 6.07) is 21.8. The first-order valence-electron chi connectivity index (χ1n) is 26.0. The van der Waals surface area contributed by atoms with Gasteiger partial charge in [0.05, 0.1) is 9.79 Å². The average Bonchev–Trinajstić information content (AvgIpc) is 4.17. The molecule has 6 rings (SSSR count). The minimum Gasteiger partial charge on any atom is -0.320 e. The quantitative estimate of drug-likeness (QED) is 0.0272. The van der Waals surface area contributed by atoms with E-state index in [1.165, 1.54) is 91.1 Å². The van der Waals surface area contributed by atoms with Crippen LogP contribution in [0.25, 0.3) is 0 Å². The second-order valence-electron chi connectivity index (χ2n) is 18.2. The molecule has 0 saturated carbocycles. The van der Waals surface area contributed by atoms with Crippen molar-refractivity contribution < 1.29 is 56.1 Å². The van der Waals surface area contributed by atoms with Crippen LogP contribution in [0.15, 0.2) is 119 Å². The Morgan fingerprint density at radius 2 is 0.781 bits per heavy atom. The van der Waals surface area contributed by atoms with E-state index in [4.69, 9.17) is 0 Å². The monoisotopic (exact) mass is 1080 g/mol. The molecule has 0 radical (unpaired) electrons. The van der Waals surface area contributed by atoms with E-state index in [0.717, 1.165) is 95.4 Å². The first-order chi connectivity index (χ1) is 34.6. The molecule has 6 nitrogen and oxygen atoms in total. The third-order valence-corrected chi connectivity index (χ3v) is 16.2. The Kier molecular flexibility index (Phi) is 31.9. The first-order valence-corrected chi connectivity index (χ1v) is 28.9. The molecule has 0 spiro atoms. The van der Waals surface area contributed by atoms with Gasteiger partial charge < -0.3 is 8.61 Å². The Balaban J connectivity index is 0.000000412. The summed E-state index contributed by atoms with van der Waals surface area (Å²) in [4.78, 5) is 0.168. The molecule has 2 aliphatic rings. The third-order valence-electron chi connectivity index (χ3n) is 12.7. The van der Waals surface area contributed by atoms with Gasteiger partial charge in [-0.1, -0.05) is 142 Å². The van der Waals surface area contributed by atoms with Gasteiger partial charge in [0.25, 0.3) is 20.0 Å². The molecule has 13 heteroatoms. The second-order valence-corrected chi connectivity index (χ2v) is 22.1. The van der Waals surface area contributed by atoms with Crippen LogP contribution >= 0.6 is 0 Å². The molecule has 0 bridgehead atoms. The largest absolute Gasteiger partial charge is 4.00 e. The van der Waals surface area contributed by atoms with Gasteiger partial charge in [-0.3, -0.25) is 12.2 Å². The molecular weight excluding hydrogens is 1000 g/mol. The van der Waals surface area contributed by atoms with Gasteiger partial charge in [0.1, 0.15) is 0 Å². The van der Waals surface area contributed by atoms with Crippen LogP contribution in [-0.2, 0) is 41.8 Å². The van der Waals surface area contributed by atoms with E-state index >= 15 is 0 Å². The molecule has 4 aromatic rings. The number of benzene rings is 4. The van der Waals surface area contributed by atoms with Gasteiger partial charge in [0, 0.05) is 37.4 Å². The maximum absolute atomic E-state index is 14.0. The molecule has 2 aliphatic carbocycles. The maximum Gasteiger partial charge on any atom is 4.00 e. The fraction of sp³-hybridized carbons (Fsp3) is 0.467. The van der Waals surface area contributed by atoms with Crippen LogP contribution in [0.2, 0.25) is 0 Å². The van der Waals surface area contributed by atoms with E-state index in [-0.39, 0.29) is 42.9 Å². The van der Waals surface area contributed by atoms with Gasteiger partial charge in [-0.15, -0.1) is 49.2 Å². The Hall–Kier alpha value is -4.23. The van der Waals surface area contributed by atoms with Crippen molar-refractivity contribution in [2.24, 2.45) is 0 Å². The van der Waals surface area contributed by atoms with E-state index in [2.05, 4.69) is 52.0 Å². The van der Waals surface area contributed by atoms with E-state index in [9.17, 15) is 34.4 Å². The number of halogens is 4. The van der Waals surface area contributed by atoms with Crippen LogP contribution in [0.4, 0.5) is 28.9 Å². The smallest absolute Gasteiger partial charge is 0.320 e. The number of unbranched alkanes of at least 4 members (excludes halogenated alkanes) is 10. The molecule has 2 atom stereocenters. The second kappa shape index (κ2) is 35.9. The molecule has 0 heterocycles. The van der Waals surface area contributed by atoms with Crippen molar-refractivity contribution in [3.63, 3.8) is 0 Å². The molecule has 73 heavy (non-hydrogen) atoms. The molecule has 396 valence electrons. The van der Waals surface area contributed by atoms with Crippen LogP contribution in [0.5, 0.6) is 0 Å². The average molecular weight is 1080 g/mol. The number of anilines is 2. The molecule has 0 aliphatic heterocycles. The van der Waals surface area contributed by atoms with Gasteiger partial charge in [0.15, 0.2) is 0 Å². The van der Waals surface area contributed by atoms with Crippen molar-refractivity contribution in [1.29, 1.82) is 0 Å². The molecule has 0 aromatic heterocycles. The van der Waals surface area contributed by atoms with Crippen molar-refractivity contribution in [2.75, 3.05) is 22.7 Å². The number of allylic oxidation sites excluding steroid dienone is 8. The summed E-state index contributed by atoms with van der Waals surface area (Å²) in [5.74, 6) is -2.98. The van der Waals surface area contributed by atoms with E-state index in [1.807, 2.05) is 60.7 Å². The number of nitrogens with zero attached hydrogens (tertiary/aromatic N) is 2. The predicted molar refractivity (Wildman–Crippen MR) is 289 cm³/mol. The zero-order valence-corrected chi connectivity index (χ0v) is 47.2. The SMILES string of the molecule is CCCCCCC(CCCCC)c1ccc(S(=O)(=O)N(C)c2ccc(F)[c-]c2F)cc1.CCCCCCC(CCCCC)c1ccc(S(=O)(=O)N(C)c2ccc(F)[c-]c2F)cc1.[C-]1=CC=CC1.[C-]1=CC=CC1.[Ti+4].